The zero-order valence-electron chi connectivity index (χ0n) is 7.29. The third-order valence-corrected chi connectivity index (χ3v) is 1.98. The van der Waals surface area contributed by atoms with Crippen LogP contribution in [0.3, 0.4) is 0 Å². The van der Waals surface area contributed by atoms with Crippen molar-refractivity contribution in [3.8, 4) is 0 Å². The fourth-order valence-corrected chi connectivity index (χ4v) is 1.44. The number of benzene rings is 1. The molecule has 1 amide bonds. The van der Waals surface area contributed by atoms with Crippen molar-refractivity contribution in [1.29, 1.82) is 0 Å². The maximum absolute atomic E-state index is 10.2. The number of carbonyl (C=O) groups excluding carboxylic acids is 1. The van der Waals surface area contributed by atoms with Gasteiger partial charge in [-0.15, -0.1) is 0 Å². The average molecular weight is 174 g/mol. The molecule has 0 fully saturated rings. The Morgan fingerprint density at radius 2 is 2.23 bits per heavy atom. The molecule has 0 aliphatic rings. The Morgan fingerprint density at radius 1 is 1.38 bits per heavy atom. The molecule has 0 aliphatic heterocycles. The van der Waals surface area contributed by atoms with Crippen LogP contribution in [0.15, 0.2) is 24.3 Å². The number of hydrogen-bond acceptors (Lipinski definition) is 1. The van der Waals surface area contributed by atoms with Crippen LogP contribution in [-0.2, 0) is 4.79 Å². The summed E-state index contributed by atoms with van der Waals surface area (Å²) in [6.07, 6.45) is 0.681. The van der Waals surface area contributed by atoms with Gasteiger partial charge in [0, 0.05) is 22.3 Å². The van der Waals surface area contributed by atoms with Crippen LogP contribution >= 0.6 is 0 Å². The predicted octanol–water partition coefficient (Wildman–Crippen LogP) is 2.04. The lowest BCUT2D eigenvalue weighted by molar-refractivity contribution is -0.105. The number of carbonyl (C=O) groups is 1. The van der Waals surface area contributed by atoms with Crippen molar-refractivity contribution in [2.75, 3.05) is 5.32 Å². The third-order valence-electron chi connectivity index (χ3n) is 1.98. The largest absolute Gasteiger partial charge is 0.359 e. The highest BCUT2D eigenvalue weighted by Gasteiger charge is 1.97. The van der Waals surface area contributed by atoms with Gasteiger partial charge in [-0.3, -0.25) is 4.79 Å². The lowest BCUT2D eigenvalue weighted by Crippen LogP contribution is -1.92. The molecule has 2 N–H and O–H groups in total. The van der Waals surface area contributed by atoms with Gasteiger partial charge in [-0.2, -0.15) is 0 Å². The number of fused-ring (bicyclic) bond motifs is 1. The third kappa shape index (κ3) is 1.40. The molecule has 1 aromatic heterocycles. The van der Waals surface area contributed by atoms with Crippen LogP contribution in [-0.4, -0.2) is 11.4 Å². The van der Waals surface area contributed by atoms with E-state index in [1.54, 1.807) is 0 Å². The fourth-order valence-electron chi connectivity index (χ4n) is 1.44. The summed E-state index contributed by atoms with van der Waals surface area (Å²) in [7, 11) is 0. The molecule has 2 aromatic rings. The van der Waals surface area contributed by atoms with E-state index < -0.39 is 0 Å². The average Bonchev–Trinajstić information content (AvgIpc) is 2.44. The van der Waals surface area contributed by atoms with Gasteiger partial charge in [0.25, 0.3) is 0 Å². The van der Waals surface area contributed by atoms with Gasteiger partial charge >= 0.3 is 0 Å². The van der Waals surface area contributed by atoms with Crippen molar-refractivity contribution in [2.24, 2.45) is 0 Å². The van der Waals surface area contributed by atoms with Gasteiger partial charge in [0.2, 0.25) is 6.41 Å². The lowest BCUT2D eigenvalue weighted by atomic mass is 10.2. The molecule has 0 aliphatic carbocycles. The van der Waals surface area contributed by atoms with Crippen molar-refractivity contribution in [1.82, 2.24) is 4.98 Å². The van der Waals surface area contributed by atoms with Crippen molar-refractivity contribution < 1.29 is 4.79 Å². The van der Waals surface area contributed by atoms with Gasteiger partial charge in [-0.1, -0.05) is 0 Å². The van der Waals surface area contributed by atoms with Gasteiger partial charge in [0.1, 0.15) is 0 Å². The fraction of sp³-hybridized carbons (Fsp3) is 0.100. The number of anilines is 1. The minimum absolute atomic E-state index is 0.681. The summed E-state index contributed by atoms with van der Waals surface area (Å²) in [4.78, 5) is 13.4. The predicted molar refractivity (Wildman–Crippen MR) is 52.7 cm³/mol. The summed E-state index contributed by atoms with van der Waals surface area (Å²) >= 11 is 0. The van der Waals surface area contributed by atoms with Crippen molar-refractivity contribution >= 4 is 23.0 Å². The van der Waals surface area contributed by atoms with E-state index in [1.807, 2.05) is 31.2 Å². The number of aromatic amines is 1. The maximum Gasteiger partial charge on any atom is 0.211 e. The monoisotopic (exact) mass is 174 g/mol. The van der Waals surface area contributed by atoms with Crippen LogP contribution < -0.4 is 5.32 Å². The molecule has 0 unspecified atom stereocenters. The van der Waals surface area contributed by atoms with Crippen LogP contribution in [0.4, 0.5) is 5.69 Å². The van der Waals surface area contributed by atoms with Gasteiger partial charge in [0.15, 0.2) is 0 Å². The number of aryl methyl sites for hydroxylation is 1. The zero-order valence-corrected chi connectivity index (χ0v) is 7.29. The van der Waals surface area contributed by atoms with Gasteiger partial charge in [0.05, 0.1) is 0 Å². The van der Waals surface area contributed by atoms with Crippen molar-refractivity contribution in [2.45, 2.75) is 6.92 Å². The normalized spacial score (nSPS) is 10.2. The summed E-state index contributed by atoms with van der Waals surface area (Å²) in [5, 5.41) is 3.73. The van der Waals surface area contributed by atoms with Gasteiger partial charge in [-0.05, 0) is 31.2 Å². The Morgan fingerprint density at radius 3 is 3.00 bits per heavy atom. The van der Waals surface area contributed by atoms with E-state index in [0.29, 0.717) is 6.41 Å². The Kier molecular flexibility index (Phi) is 1.77. The summed E-state index contributed by atoms with van der Waals surface area (Å²) in [6, 6.07) is 7.80. The minimum Gasteiger partial charge on any atom is -0.359 e. The SMILES string of the molecule is Cc1cc2cc(NC=O)ccc2[nH]1. The molecule has 3 nitrogen and oxygen atoms in total. The molecule has 0 saturated carbocycles. The number of H-pyrrole nitrogens is 1. The van der Waals surface area contributed by atoms with E-state index in [4.69, 9.17) is 0 Å². The zero-order chi connectivity index (χ0) is 9.26. The van der Waals surface area contributed by atoms with E-state index in [-0.39, 0.29) is 0 Å². The first-order valence-corrected chi connectivity index (χ1v) is 4.09. The lowest BCUT2D eigenvalue weighted by Gasteiger charge is -1.96. The van der Waals surface area contributed by atoms with E-state index in [9.17, 15) is 4.79 Å². The molecule has 66 valence electrons. The van der Waals surface area contributed by atoms with Crippen molar-refractivity contribution in [3.05, 3.63) is 30.0 Å². The second kappa shape index (κ2) is 2.94. The van der Waals surface area contributed by atoms with Crippen molar-refractivity contribution in [3.63, 3.8) is 0 Å². The second-order valence-corrected chi connectivity index (χ2v) is 3.02. The first kappa shape index (κ1) is 7.86. The Bertz CT molecular complexity index is 445. The Hall–Kier alpha value is -1.77. The topological polar surface area (TPSA) is 44.9 Å². The molecule has 13 heavy (non-hydrogen) atoms. The maximum atomic E-state index is 10.2. The molecule has 0 bridgehead atoms. The highest BCUT2D eigenvalue weighted by atomic mass is 16.1. The van der Waals surface area contributed by atoms with Crippen LogP contribution in [0.25, 0.3) is 10.9 Å². The first-order chi connectivity index (χ1) is 6.29. The molecule has 0 atom stereocenters. The quantitative estimate of drug-likeness (QED) is 0.672. The Labute approximate surface area is 75.8 Å². The van der Waals surface area contributed by atoms with Crippen LogP contribution in [0.2, 0.25) is 0 Å². The number of amides is 1. The highest BCUT2D eigenvalue weighted by molar-refractivity contribution is 5.86. The summed E-state index contributed by atoms with van der Waals surface area (Å²) in [5.41, 5.74) is 3.04. The van der Waals surface area contributed by atoms with Gasteiger partial charge < -0.3 is 10.3 Å². The minimum atomic E-state index is 0.681. The first-order valence-electron chi connectivity index (χ1n) is 4.09. The molecule has 0 spiro atoms. The highest BCUT2D eigenvalue weighted by Crippen LogP contribution is 2.19. The summed E-state index contributed by atoms with van der Waals surface area (Å²) < 4.78 is 0. The molecule has 1 heterocycles. The molecule has 1 aromatic carbocycles. The molecule has 0 saturated heterocycles. The van der Waals surface area contributed by atoms with E-state index >= 15 is 0 Å². The summed E-state index contributed by atoms with van der Waals surface area (Å²) in [5.74, 6) is 0. The molecular formula is C10H10N2O. The number of aromatic nitrogens is 1. The van der Waals surface area contributed by atoms with Gasteiger partial charge in [-0.25, -0.2) is 0 Å². The number of hydrogen-bond donors (Lipinski definition) is 2. The molecular weight excluding hydrogens is 164 g/mol. The summed E-state index contributed by atoms with van der Waals surface area (Å²) in [6.45, 7) is 2.01. The molecule has 0 radical (unpaired) electrons. The molecule has 2 rings (SSSR count). The number of rotatable bonds is 2. The van der Waals surface area contributed by atoms with Crippen LogP contribution in [0, 0.1) is 6.92 Å². The van der Waals surface area contributed by atoms with Crippen LogP contribution in [0.5, 0.6) is 0 Å². The molecule has 3 heteroatoms. The van der Waals surface area contributed by atoms with Crippen LogP contribution in [0.1, 0.15) is 5.69 Å². The smallest absolute Gasteiger partial charge is 0.211 e. The van der Waals surface area contributed by atoms with E-state index in [1.165, 1.54) is 0 Å². The number of nitrogens with one attached hydrogen (secondary N) is 2. The van der Waals surface area contributed by atoms with E-state index in [2.05, 4.69) is 10.3 Å². The standard InChI is InChI=1S/C10H10N2O/c1-7-4-8-5-9(11-6-13)2-3-10(8)12-7/h2-6,12H,1H3,(H,11,13). The van der Waals surface area contributed by atoms with E-state index in [0.717, 1.165) is 22.3 Å². The Balaban J connectivity index is 2.54. The second-order valence-electron chi connectivity index (χ2n) is 3.02.